The van der Waals surface area contributed by atoms with E-state index in [1.807, 2.05) is 41.5 Å². The van der Waals surface area contributed by atoms with Crippen LogP contribution in [0.4, 0.5) is 9.59 Å². The van der Waals surface area contributed by atoms with Gasteiger partial charge in [0.25, 0.3) is 0 Å². The number of carbonyl (C=O) groups is 3. The number of nitrogens with zero attached hydrogens (tertiary/aromatic N) is 3. The highest BCUT2D eigenvalue weighted by Gasteiger charge is 2.28. The van der Waals surface area contributed by atoms with Gasteiger partial charge in [0.05, 0.1) is 0 Å². The lowest BCUT2D eigenvalue weighted by molar-refractivity contribution is -0.109. The second kappa shape index (κ2) is 22.1. The van der Waals surface area contributed by atoms with Gasteiger partial charge in [0.1, 0.15) is 11.2 Å². The summed E-state index contributed by atoms with van der Waals surface area (Å²) >= 11 is 1.46. The molecule has 8 nitrogen and oxygen atoms in total. The van der Waals surface area contributed by atoms with Crippen LogP contribution >= 0.6 is 11.8 Å². The maximum Gasteiger partial charge on any atom is 0.410 e. The second-order valence-electron chi connectivity index (χ2n) is 14.1. The molecule has 1 rings (SSSR count). The molecular formula is C34H65N3O5S. The lowest BCUT2D eigenvalue weighted by atomic mass is 10.0. The Balaban J connectivity index is 2.28. The summed E-state index contributed by atoms with van der Waals surface area (Å²) in [6, 6.07) is 0. The maximum atomic E-state index is 12.9. The SMILES string of the molecule is CC(=O)SCCCCCCCCCCCCCCCCN1CCN(C(=O)OC(C)(C)C)CCN(C(=O)OC(C)(C)C)CC1. The Morgan fingerprint density at radius 2 is 0.860 bits per heavy atom. The molecule has 1 aliphatic heterocycles. The monoisotopic (exact) mass is 627 g/mol. The van der Waals surface area contributed by atoms with Crippen molar-refractivity contribution in [1.82, 2.24) is 14.7 Å². The number of hydrogen-bond donors (Lipinski definition) is 0. The maximum absolute atomic E-state index is 12.9. The fraction of sp³-hybridized carbons (Fsp3) is 0.912. The summed E-state index contributed by atoms with van der Waals surface area (Å²) in [5.41, 5.74) is -1.12. The molecule has 0 aromatic rings. The van der Waals surface area contributed by atoms with Gasteiger partial charge in [-0.2, -0.15) is 0 Å². The minimum absolute atomic E-state index is 0.239. The van der Waals surface area contributed by atoms with E-state index in [1.54, 1.807) is 16.7 Å². The van der Waals surface area contributed by atoms with Crippen molar-refractivity contribution < 1.29 is 23.9 Å². The molecule has 9 heteroatoms. The van der Waals surface area contributed by atoms with Crippen LogP contribution in [-0.2, 0) is 14.3 Å². The predicted molar refractivity (Wildman–Crippen MR) is 180 cm³/mol. The van der Waals surface area contributed by atoms with E-state index in [1.165, 1.54) is 95.2 Å². The van der Waals surface area contributed by atoms with E-state index in [-0.39, 0.29) is 17.3 Å². The first-order valence-electron chi connectivity index (χ1n) is 17.1. The summed E-state index contributed by atoms with van der Waals surface area (Å²) in [6.07, 6.45) is 17.4. The van der Waals surface area contributed by atoms with E-state index in [0.717, 1.165) is 31.8 Å². The Hall–Kier alpha value is -1.48. The Kier molecular flexibility index (Phi) is 20.3. The van der Waals surface area contributed by atoms with Gasteiger partial charge in [0.15, 0.2) is 5.12 Å². The molecule has 0 atom stereocenters. The molecule has 0 N–H and O–H groups in total. The average molecular weight is 628 g/mol. The van der Waals surface area contributed by atoms with Gasteiger partial charge in [-0.3, -0.25) is 9.69 Å². The molecule has 0 radical (unpaired) electrons. The fourth-order valence-corrected chi connectivity index (χ4v) is 5.75. The first-order chi connectivity index (χ1) is 20.3. The summed E-state index contributed by atoms with van der Waals surface area (Å²) in [6.45, 7) is 17.5. The smallest absolute Gasteiger partial charge is 0.410 e. The van der Waals surface area contributed by atoms with E-state index in [4.69, 9.17) is 9.47 Å². The first kappa shape index (κ1) is 39.5. The number of hydrogen-bond acceptors (Lipinski definition) is 7. The summed E-state index contributed by atoms with van der Waals surface area (Å²) in [5, 5.41) is 0.239. The number of ether oxygens (including phenoxy) is 2. The van der Waals surface area contributed by atoms with Crippen molar-refractivity contribution in [2.75, 3.05) is 51.6 Å². The molecule has 0 unspecified atom stereocenters. The summed E-state index contributed by atoms with van der Waals surface area (Å²) < 4.78 is 11.3. The van der Waals surface area contributed by atoms with Crippen LogP contribution in [0.3, 0.4) is 0 Å². The number of amides is 2. The predicted octanol–water partition coefficient (Wildman–Crippen LogP) is 8.52. The molecule has 252 valence electrons. The normalized spacial score (nSPS) is 15.5. The minimum Gasteiger partial charge on any atom is -0.444 e. The molecule has 0 aromatic carbocycles. The standard InChI is InChI=1S/C34H65N3O5S/c1-30(38)43-29-21-19-17-15-13-11-9-8-10-12-14-16-18-20-22-35-23-25-36(31(39)41-33(2,3)4)27-28-37(26-24-35)32(40)42-34(5,6)7/h8-29H2,1-7H3. The Labute approximate surface area is 268 Å². The van der Waals surface area contributed by atoms with E-state index < -0.39 is 11.2 Å². The van der Waals surface area contributed by atoms with Gasteiger partial charge in [0, 0.05) is 51.9 Å². The van der Waals surface area contributed by atoms with E-state index in [2.05, 4.69) is 4.90 Å². The van der Waals surface area contributed by atoms with Crippen LogP contribution in [-0.4, -0.2) is 94.8 Å². The highest BCUT2D eigenvalue weighted by molar-refractivity contribution is 8.13. The summed E-state index contributed by atoms with van der Waals surface area (Å²) in [5.74, 6) is 0.983. The Bertz CT molecular complexity index is 741. The molecule has 1 aliphatic rings. The van der Waals surface area contributed by atoms with Gasteiger partial charge in [0.2, 0.25) is 0 Å². The van der Waals surface area contributed by atoms with Gasteiger partial charge < -0.3 is 19.3 Å². The van der Waals surface area contributed by atoms with Gasteiger partial charge in [-0.25, -0.2) is 9.59 Å². The zero-order chi connectivity index (χ0) is 32.1. The van der Waals surface area contributed by atoms with Crippen LogP contribution in [0, 0.1) is 0 Å². The van der Waals surface area contributed by atoms with Crippen molar-refractivity contribution in [3.8, 4) is 0 Å². The van der Waals surface area contributed by atoms with Crippen LogP contribution in [0.1, 0.15) is 138 Å². The average Bonchev–Trinajstić information content (AvgIpc) is 2.99. The molecule has 0 spiro atoms. The third-order valence-corrected chi connectivity index (χ3v) is 8.39. The topological polar surface area (TPSA) is 79.4 Å². The van der Waals surface area contributed by atoms with E-state index >= 15 is 0 Å². The number of thioether (sulfide) groups is 1. The van der Waals surface area contributed by atoms with Crippen molar-refractivity contribution in [2.24, 2.45) is 0 Å². The molecule has 1 fully saturated rings. The third kappa shape index (κ3) is 22.7. The summed E-state index contributed by atoms with van der Waals surface area (Å²) in [7, 11) is 0. The molecular weight excluding hydrogens is 562 g/mol. The largest absolute Gasteiger partial charge is 0.444 e. The first-order valence-corrected chi connectivity index (χ1v) is 18.1. The van der Waals surface area contributed by atoms with Crippen molar-refractivity contribution in [3.63, 3.8) is 0 Å². The Morgan fingerprint density at radius 1 is 0.535 bits per heavy atom. The van der Waals surface area contributed by atoms with Gasteiger partial charge in [-0.05, 0) is 60.9 Å². The molecule has 0 aromatic heterocycles. The molecule has 0 bridgehead atoms. The lowest BCUT2D eigenvalue weighted by Gasteiger charge is -2.30. The van der Waals surface area contributed by atoms with Crippen molar-refractivity contribution in [1.29, 1.82) is 0 Å². The quantitative estimate of drug-likeness (QED) is 0.150. The molecule has 2 amide bonds. The highest BCUT2D eigenvalue weighted by Crippen LogP contribution is 2.16. The molecule has 1 saturated heterocycles. The van der Waals surface area contributed by atoms with Crippen LogP contribution in [0.5, 0.6) is 0 Å². The van der Waals surface area contributed by atoms with Crippen molar-refractivity contribution >= 4 is 29.1 Å². The number of rotatable bonds is 17. The molecule has 0 saturated carbocycles. The van der Waals surface area contributed by atoms with Crippen molar-refractivity contribution in [3.05, 3.63) is 0 Å². The highest BCUT2D eigenvalue weighted by atomic mass is 32.2. The second-order valence-corrected chi connectivity index (χ2v) is 15.3. The molecule has 0 aliphatic carbocycles. The van der Waals surface area contributed by atoms with Crippen LogP contribution in [0.2, 0.25) is 0 Å². The zero-order valence-corrected chi connectivity index (χ0v) is 29.7. The fourth-order valence-electron chi connectivity index (χ4n) is 5.12. The van der Waals surface area contributed by atoms with E-state index in [9.17, 15) is 14.4 Å². The lowest BCUT2D eigenvalue weighted by Crippen LogP contribution is -2.44. The number of carbonyl (C=O) groups excluding carboxylic acids is 3. The van der Waals surface area contributed by atoms with Gasteiger partial charge in [-0.1, -0.05) is 88.8 Å². The minimum atomic E-state index is -0.558. The van der Waals surface area contributed by atoms with Crippen LogP contribution in [0.15, 0.2) is 0 Å². The van der Waals surface area contributed by atoms with Crippen LogP contribution < -0.4 is 0 Å². The van der Waals surface area contributed by atoms with E-state index in [0.29, 0.717) is 26.2 Å². The molecule has 1 heterocycles. The van der Waals surface area contributed by atoms with Crippen LogP contribution in [0.25, 0.3) is 0 Å². The summed E-state index contributed by atoms with van der Waals surface area (Å²) in [4.78, 5) is 42.5. The van der Waals surface area contributed by atoms with Gasteiger partial charge in [-0.15, -0.1) is 0 Å². The number of unbranched alkanes of at least 4 members (excludes halogenated alkanes) is 13. The Morgan fingerprint density at radius 3 is 1.21 bits per heavy atom. The van der Waals surface area contributed by atoms with Gasteiger partial charge >= 0.3 is 12.2 Å². The molecule has 43 heavy (non-hydrogen) atoms. The zero-order valence-electron chi connectivity index (χ0n) is 28.8. The third-order valence-electron chi connectivity index (χ3n) is 7.49. The van der Waals surface area contributed by atoms with Crippen molar-refractivity contribution in [2.45, 2.75) is 150 Å².